The van der Waals surface area contributed by atoms with E-state index in [0.29, 0.717) is 26.9 Å². The number of hydrogen-bond donors (Lipinski definition) is 2. The van der Waals surface area contributed by atoms with Crippen LogP contribution in [0.15, 0.2) is 30.3 Å². The molecule has 2 aliphatic rings. The molecule has 8 heteroatoms. The first-order valence-electron chi connectivity index (χ1n) is 7.78. The van der Waals surface area contributed by atoms with Crippen molar-refractivity contribution in [3.8, 4) is 5.75 Å². The standard InChI is InChI=1S/C18H13Cl2NO5/c1-25-18(24)14-16-12(13-10(20)5-7(19)6-11(13)21-14)8-3-2-4-9(17(22)23)15(8)26-16/h2-6,12,14,16,21H,1H3,(H,22,23). The van der Waals surface area contributed by atoms with E-state index in [4.69, 9.17) is 32.7 Å². The highest BCUT2D eigenvalue weighted by atomic mass is 35.5. The third-order valence-electron chi connectivity index (χ3n) is 4.69. The number of rotatable bonds is 2. The maximum atomic E-state index is 12.3. The van der Waals surface area contributed by atoms with Gasteiger partial charge in [-0.2, -0.15) is 0 Å². The lowest BCUT2D eigenvalue weighted by Crippen LogP contribution is -2.49. The molecule has 2 aliphatic heterocycles. The van der Waals surface area contributed by atoms with Crippen LogP contribution in [0.3, 0.4) is 0 Å². The molecular formula is C18H13Cl2NO5. The monoisotopic (exact) mass is 393 g/mol. The summed E-state index contributed by atoms with van der Waals surface area (Å²) in [5, 5.41) is 13.4. The number of para-hydroxylation sites is 1. The molecule has 3 unspecified atom stereocenters. The molecule has 0 bridgehead atoms. The predicted molar refractivity (Wildman–Crippen MR) is 95.5 cm³/mol. The van der Waals surface area contributed by atoms with Gasteiger partial charge >= 0.3 is 11.9 Å². The van der Waals surface area contributed by atoms with Gasteiger partial charge in [0.15, 0.2) is 6.04 Å². The fraction of sp³-hybridized carbons (Fsp3) is 0.222. The van der Waals surface area contributed by atoms with Gasteiger partial charge in [0.2, 0.25) is 0 Å². The van der Waals surface area contributed by atoms with Crippen LogP contribution < -0.4 is 10.1 Å². The Balaban J connectivity index is 1.96. The molecule has 0 amide bonds. The van der Waals surface area contributed by atoms with Crippen LogP contribution in [-0.2, 0) is 9.53 Å². The summed E-state index contributed by atoms with van der Waals surface area (Å²) in [7, 11) is 1.28. The van der Waals surface area contributed by atoms with Crippen LogP contribution in [-0.4, -0.2) is 36.3 Å². The van der Waals surface area contributed by atoms with Crippen LogP contribution >= 0.6 is 23.2 Å². The molecular weight excluding hydrogens is 381 g/mol. The van der Waals surface area contributed by atoms with Crippen molar-refractivity contribution in [3.63, 3.8) is 0 Å². The van der Waals surface area contributed by atoms with E-state index >= 15 is 0 Å². The number of aromatic carboxylic acids is 1. The van der Waals surface area contributed by atoms with Crippen molar-refractivity contribution in [2.75, 3.05) is 12.4 Å². The third-order valence-corrected chi connectivity index (χ3v) is 5.22. The molecule has 2 heterocycles. The van der Waals surface area contributed by atoms with Crippen molar-refractivity contribution in [1.29, 1.82) is 0 Å². The smallest absolute Gasteiger partial charge is 0.339 e. The highest BCUT2D eigenvalue weighted by molar-refractivity contribution is 6.35. The van der Waals surface area contributed by atoms with Crippen molar-refractivity contribution < 1.29 is 24.2 Å². The van der Waals surface area contributed by atoms with E-state index in [1.807, 2.05) is 0 Å². The number of benzene rings is 2. The Morgan fingerprint density at radius 2 is 2.04 bits per heavy atom. The quantitative estimate of drug-likeness (QED) is 0.758. The summed E-state index contributed by atoms with van der Waals surface area (Å²) in [6.45, 7) is 0. The first kappa shape index (κ1) is 17.0. The maximum absolute atomic E-state index is 12.3. The number of halogens is 2. The molecule has 0 spiro atoms. The van der Waals surface area contributed by atoms with Crippen LogP contribution in [0.1, 0.15) is 27.4 Å². The number of hydrogen-bond acceptors (Lipinski definition) is 5. The Morgan fingerprint density at radius 1 is 1.27 bits per heavy atom. The Kier molecular flexibility index (Phi) is 3.97. The van der Waals surface area contributed by atoms with Crippen LogP contribution in [0.5, 0.6) is 5.75 Å². The number of nitrogens with one attached hydrogen (secondary N) is 1. The van der Waals surface area contributed by atoms with Gasteiger partial charge in [0.05, 0.1) is 13.0 Å². The minimum Gasteiger partial charge on any atom is -0.485 e. The van der Waals surface area contributed by atoms with Gasteiger partial charge in [0.25, 0.3) is 0 Å². The van der Waals surface area contributed by atoms with Gasteiger partial charge in [-0.3, -0.25) is 0 Å². The summed E-state index contributed by atoms with van der Waals surface area (Å²) in [5.74, 6) is -1.81. The lowest BCUT2D eigenvalue weighted by Gasteiger charge is -2.35. The summed E-state index contributed by atoms with van der Waals surface area (Å²) < 4.78 is 10.8. The van der Waals surface area contributed by atoms with Gasteiger partial charge in [-0.15, -0.1) is 0 Å². The molecule has 134 valence electrons. The molecule has 0 radical (unpaired) electrons. The van der Waals surface area contributed by atoms with Crippen molar-refractivity contribution in [1.82, 2.24) is 0 Å². The third kappa shape index (κ3) is 2.40. The van der Waals surface area contributed by atoms with Gasteiger partial charge in [0.1, 0.15) is 17.4 Å². The average molecular weight is 394 g/mol. The summed E-state index contributed by atoms with van der Waals surface area (Å²) in [4.78, 5) is 23.9. The number of methoxy groups -OCH3 is 1. The second kappa shape index (κ2) is 6.07. The number of esters is 1. The number of carbonyl (C=O) groups excluding carboxylic acids is 1. The maximum Gasteiger partial charge on any atom is 0.339 e. The number of carboxylic acid groups (broad SMARTS) is 1. The fourth-order valence-corrected chi connectivity index (χ4v) is 4.26. The van der Waals surface area contributed by atoms with E-state index in [2.05, 4.69) is 5.32 Å². The number of ether oxygens (including phenoxy) is 2. The minimum absolute atomic E-state index is 0.0344. The van der Waals surface area contributed by atoms with Crippen LogP contribution in [0.25, 0.3) is 0 Å². The molecule has 2 N–H and O–H groups in total. The Bertz CT molecular complexity index is 945. The Morgan fingerprint density at radius 3 is 2.73 bits per heavy atom. The molecule has 0 fully saturated rings. The van der Waals surface area contributed by atoms with Gasteiger partial charge in [0, 0.05) is 26.9 Å². The minimum atomic E-state index is -1.11. The summed E-state index contributed by atoms with van der Waals surface area (Å²) in [6.07, 6.45) is -0.691. The molecule has 0 saturated carbocycles. The van der Waals surface area contributed by atoms with Gasteiger partial charge < -0.3 is 19.9 Å². The fourth-order valence-electron chi connectivity index (χ4n) is 3.65. The lowest BCUT2D eigenvalue weighted by atomic mass is 9.81. The zero-order chi connectivity index (χ0) is 18.6. The summed E-state index contributed by atoms with van der Waals surface area (Å²) >= 11 is 12.5. The predicted octanol–water partition coefficient (Wildman–Crippen LogP) is 3.55. The second-order valence-corrected chi connectivity index (χ2v) is 6.93. The van der Waals surface area contributed by atoms with E-state index in [9.17, 15) is 14.7 Å². The highest BCUT2D eigenvalue weighted by Gasteiger charge is 2.50. The molecule has 3 atom stereocenters. The first-order chi connectivity index (χ1) is 12.4. The summed E-state index contributed by atoms with van der Waals surface area (Å²) in [5.41, 5.74) is 2.00. The van der Waals surface area contributed by atoms with Crippen LogP contribution in [0.4, 0.5) is 5.69 Å². The van der Waals surface area contributed by atoms with Crippen molar-refractivity contribution in [2.24, 2.45) is 0 Å². The molecule has 4 rings (SSSR count). The van der Waals surface area contributed by atoms with Crippen molar-refractivity contribution in [2.45, 2.75) is 18.1 Å². The van der Waals surface area contributed by atoms with Gasteiger partial charge in [-0.25, -0.2) is 9.59 Å². The number of fused-ring (bicyclic) bond motifs is 5. The normalized spacial score (nSPS) is 22.3. The SMILES string of the molecule is COC(=O)C1Nc2cc(Cl)cc(Cl)c2C2c3cccc(C(=O)O)c3OC12. The van der Waals surface area contributed by atoms with Crippen LogP contribution in [0, 0.1) is 0 Å². The number of anilines is 1. The topological polar surface area (TPSA) is 84.9 Å². The van der Waals surface area contributed by atoms with E-state index < -0.39 is 30.0 Å². The first-order valence-corrected chi connectivity index (χ1v) is 8.54. The van der Waals surface area contributed by atoms with Gasteiger partial charge in [-0.1, -0.05) is 35.3 Å². The summed E-state index contributed by atoms with van der Waals surface area (Å²) in [6, 6.07) is 7.34. The molecule has 2 aromatic carbocycles. The molecule has 0 aliphatic carbocycles. The second-order valence-electron chi connectivity index (χ2n) is 6.08. The Labute approximate surface area is 158 Å². The van der Waals surface area contributed by atoms with E-state index in [1.165, 1.54) is 13.2 Å². The van der Waals surface area contributed by atoms with Crippen molar-refractivity contribution in [3.05, 3.63) is 57.1 Å². The molecule has 0 aromatic heterocycles. The van der Waals surface area contributed by atoms with Crippen molar-refractivity contribution >= 4 is 40.8 Å². The zero-order valence-electron chi connectivity index (χ0n) is 13.5. The van der Waals surface area contributed by atoms with Crippen LogP contribution in [0.2, 0.25) is 10.0 Å². The van der Waals surface area contributed by atoms with E-state index in [0.717, 1.165) is 0 Å². The Hall–Kier alpha value is -2.44. The average Bonchev–Trinajstić information content (AvgIpc) is 2.98. The zero-order valence-corrected chi connectivity index (χ0v) is 15.0. The number of carbonyl (C=O) groups is 2. The largest absolute Gasteiger partial charge is 0.485 e. The van der Waals surface area contributed by atoms with Gasteiger partial charge in [-0.05, 0) is 18.2 Å². The molecule has 26 heavy (non-hydrogen) atoms. The van der Waals surface area contributed by atoms with E-state index in [-0.39, 0.29) is 11.3 Å². The highest BCUT2D eigenvalue weighted by Crippen LogP contribution is 2.52. The molecule has 0 saturated heterocycles. The molecule has 2 aromatic rings. The van der Waals surface area contributed by atoms with E-state index in [1.54, 1.807) is 24.3 Å². The lowest BCUT2D eigenvalue weighted by molar-refractivity contribution is -0.143. The number of carboxylic acids is 1. The molecule has 6 nitrogen and oxygen atoms in total.